The van der Waals surface area contributed by atoms with E-state index >= 15 is 0 Å². The Labute approximate surface area is 261 Å². The first-order valence-electron chi connectivity index (χ1n) is 12.9. The van der Waals surface area contributed by atoms with Crippen LogP contribution in [0.2, 0.25) is 0 Å². The van der Waals surface area contributed by atoms with Gasteiger partial charge in [-0.05, 0) is 5.57 Å². The molecule has 230 valence electrons. The minimum atomic E-state index is -1.24. The summed E-state index contributed by atoms with van der Waals surface area (Å²) >= 11 is 3.83. The summed E-state index contributed by atoms with van der Waals surface area (Å²) in [6.07, 6.45) is 4.73. The number of carbonyl (C=O) groups is 3. The third-order valence-electron chi connectivity index (χ3n) is 6.48. The monoisotopic (exact) mass is 660 g/mol. The Morgan fingerprint density at radius 1 is 1.32 bits per heavy atom. The van der Waals surface area contributed by atoms with Gasteiger partial charge in [0.25, 0.3) is 11.8 Å². The smallest absolute Gasteiger partial charge is 0.352 e. The molecule has 2 amide bonds. The van der Waals surface area contributed by atoms with Crippen LogP contribution in [0.15, 0.2) is 68.3 Å². The van der Waals surface area contributed by atoms with E-state index in [0.717, 1.165) is 28.5 Å². The minimum Gasteiger partial charge on any atom is -0.503 e. The van der Waals surface area contributed by atoms with Crippen LogP contribution in [0.25, 0.3) is 0 Å². The third kappa shape index (κ3) is 6.72. The molecule has 44 heavy (non-hydrogen) atoms. The molecule has 1 saturated heterocycles. The lowest BCUT2D eigenvalue weighted by molar-refractivity contribution is -0.698. The number of aliphatic carboxylic acids is 1. The second-order valence-corrected chi connectivity index (χ2v) is 12.4. The quantitative estimate of drug-likeness (QED) is 0.0491. The van der Waals surface area contributed by atoms with Crippen molar-refractivity contribution in [3.63, 3.8) is 0 Å². The molecular formula is C26H26N7O8S3+. The molecule has 15 nitrogen and oxygen atoms in total. The number of rotatable bonds is 12. The van der Waals surface area contributed by atoms with Gasteiger partial charge in [-0.1, -0.05) is 5.16 Å². The molecule has 18 heteroatoms. The average molecular weight is 661 g/mol. The van der Waals surface area contributed by atoms with E-state index in [1.807, 2.05) is 29.1 Å². The Kier molecular flexibility index (Phi) is 9.52. The maximum Gasteiger partial charge on any atom is 0.352 e. The lowest BCUT2D eigenvalue weighted by atomic mass is 10.0. The first kappa shape index (κ1) is 31.0. The summed E-state index contributed by atoms with van der Waals surface area (Å²) in [5.41, 5.74) is 5.67. The van der Waals surface area contributed by atoms with Gasteiger partial charge in [0.1, 0.15) is 29.4 Å². The molecule has 0 aliphatic carbocycles. The average Bonchev–Trinajstić information content (AvgIpc) is 3.44. The van der Waals surface area contributed by atoms with Crippen molar-refractivity contribution in [1.82, 2.24) is 20.2 Å². The van der Waals surface area contributed by atoms with Gasteiger partial charge in [0.15, 0.2) is 42.1 Å². The number of nitrogens with zero attached hydrogens (tertiary/aromatic N) is 4. The molecule has 3 aromatic rings. The Morgan fingerprint density at radius 3 is 2.75 bits per heavy atom. The number of pyridine rings is 2. The number of aliphatic hydroxyl groups excluding tert-OH is 1. The number of aromatic hydroxyl groups is 1. The lowest BCUT2D eigenvalue weighted by Gasteiger charge is -2.49. The summed E-state index contributed by atoms with van der Waals surface area (Å²) in [4.78, 5) is 64.5. The number of hydrogen-bond donors (Lipinski definition) is 6. The highest BCUT2D eigenvalue weighted by Gasteiger charge is 2.54. The zero-order valence-electron chi connectivity index (χ0n) is 22.7. The molecule has 0 aromatic carbocycles. The van der Waals surface area contributed by atoms with E-state index in [1.54, 1.807) is 0 Å². The number of carboxylic acid groups (broad SMARTS) is 1. The summed E-state index contributed by atoms with van der Waals surface area (Å²) in [5.74, 6) is -2.40. The normalized spacial score (nSPS) is 18.1. The number of amides is 2. The number of fused-ring (bicyclic) bond motifs is 1. The number of hydrogen-bond acceptors (Lipinski definition) is 13. The molecule has 2 aliphatic heterocycles. The van der Waals surface area contributed by atoms with Gasteiger partial charge in [-0.15, -0.1) is 34.9 Å². The van der Waals surface area contributed by atoms with Gasteiger partial charge < -0.3 is 36.2 Å². The molecule has 0 bridgehead atoms. The van der Waals surface area contributed by atoms with Crippen molar-refractivity contribution in [3.8, 4) is 5.75 Å². The molecule has 2 atom stereocenters. The number of β-lactam (4-membered cyclic amide) rings is 1. The second kappa shape index (κ2) is 13.5. The highest BCUT2D eigenvalue weighted by Crippen LogP contribution is 2.41. The topological polar surface area (TPSA) is 224 Å². The summed E-state index contributed by atoms with van der Waals surface area (Å²) in [6, 6.07) is 3.82. The van der Waals surface area contributed by atoms with Crippen LogP contribution < -0.4 is 21.0 Å². The van der Waals surface area contributed by atoms with Gasteiger partial charge in [0, 0.05) is 46.2 Å². The number of aromatic nitrogens is 3. The SMILES string of the molecule is Nc1nc(/C(=N/OCc2cc(=O)c(O)c[nH]2)C(=O)N[C@@H]2C(=O)N3C(C(=O)O)=C(CSc4cc[n+](CCO)cc4)CS[C@H]23)cs1. The van der Waals surface area contributed by atoms with Gasteiger partial charge in [0.05, 0.1) is 5.69 Å². The Morgan fingerprint density at radius 2 is 2.09 bits per heavy atom. The van der Waals surface area contributed by atoms with Crippen molar-refractivity contribution in [2.45, 2.75) is 29.5 Å². The zero-order valence-corrected chi connectivity index (χ0v) is 25.2. The number of aliphatic hydroxyl groups is 1. The molecule has 5 rings (SSSR count). The molecule has 3 aromatic heterocycles. The van der Waals surface area contributed by atoms with E-state index in [-0.39, 0.29) is 41.1 Å². The van der Waals surface area contributed by atoms with Gasteiger partial charge in [-0.25, -0.2) is 14.3 Å². The van der Waals surface area contributed by atoms with Crippen molar-refractivity contribution < 1.29 is 39.1 Å². The van der Waals surface area contributed by atoms with Crippen LogP contribution in [0.3, 0.4) is 0 Å². The zero-order chi connectivity index (χ0) is 31.4. The van der Waals surface area contributed by atoms with E-state index < -0.39 is 40.4 Å². The van der Waals surface area contributed by atoms with E-state index in [2.05, 4.69) is 20.4 Å². The lowest BCUT2D eigenvalue weighted by Crippen LogP contribution is -2.71. The van der Waals surface area contributed by atoms with Crippen LogP contribution in [0.1, 0.15) is 11.4 Å². The number of aromatic amines is 1. The first-order chi connectivity index (χ1) is 21.2. The molecule has 0 radical (unpaired) electrons. The summed E-state index contributed by atoms with van der Waals surface area (Å²) in [7, 11) is 0. The van der Waals surface area contributed by atoms with Crippen LogP contribution in [0, 0.1) is 0 Å². The summed E-state index contributed by atoms with van der Waals surface area (Å²) in [6.45, 7) is 0.229. The molecular weight excluding hydrogens is 635 g/mol. The largest absolute Gasteiger partial charge is 0.503 e. The van der Waals surface area contributed by atoms with E-state index in [1.165, 1.54) is 33.8 Å². The van der Waals surface area contributed by atoms with Gasteiger partial charge in [0.2, 0.25) is 5.43 Å². The second-order valence-electron chi connectivity index (χ2n) is 9.39. The Bertz CT molecular complexity index is 1710. The fourth-order valence-corrected chi connectivity index (χ4v) is 7.25. The molecule has 5 heterocycles. The third-order valence-corrected chi connectivity index (χ3v) is 9.59. The number of oxime groups is 1. The van der Waals surface area contributed by atoms with Crippen LogP contribution in [0.5, 0.6) is 5.75 Å². The van der Waals surface area contributed by atoms with Gasteiger partial charge >= 0.3 is 5.97 Å². The molecule has 2 aliphatic rings. The van der Waals surface area contributed by atoms with E-state index in [9.17, 15) is 29.4 Å². The summed E-state index contributed by atoms with van der Waals surface area (Å²) in [5, 5.41) is 36.0. The van der Waals surface area contributed by atoms with Crippen molar-refractivity contribution >= 4 is 63.5 Å². The fourth-order valence-electron chi connectivity index (χ4n) is 4.34. The number of nitrogen functional groups attached to an aromatic ring is 1. The van der Waals surface area contributed by atoms with E-state index in [0.29, 0.717) is 23.6 Å². The van der Waals surface area contributed by atoms with Gasteiger partial charge in [-0.2, -0.15) is 0 Å². The fraction of sp³-hybridized carbons (Fsp3) is 0.269. The number of thioether (sulfide) groups is 2. The Hall–Kier alpha value is -4.39. The number of nitrogens with two attached hydrogens (primary N) is 1. The number of anilines is 1. The van der Waals surface area contributed by atoms with Crippen LogP contribution in [-0.2, 0) is 32.4 Å². The number of carboxylic acids is 1. The maximum absolute atomic E-state index is 13.3. The van der Waals surface area contributed by atoms with E-state index in [4.69, 9.17) is 15.7 Å². The van der Waals surface area contributed by atoms with Crippen LogP contribution in [-0.4, -0.2) is 83.2 Å². The Balaban J connectivity index is 1.28. The number of nitrogens with one attached hydrogen (secondary N) is 2. The van der Waals surface area contributed by atoms with Crippen LogP contribution >= 0.6 is 34.9 Å². The molecule has 1 fully saturated rings. The predicted octanol–water partition coefficient (Wildman–Crippen LogP) is -0.149. The van der Waals surface area contributed by atoms with Crippen molar-refractivity contribution in [1.29, 1.82) is 0 Å². The minimum absolute atomic E-state index is 0.0151. The summed E-state index contributed by atoms with van der Waals surface area (Å²) < 4.78 is 1.82. The molecule has 0 unspecified atom stereocenters. The number of thiazole rings is 1. The van der Waals surface area contributed by atoms with Gasteiger partial charge in [-0.3, -0.25) is 19.3 Å². The van der Waals surface area contributed by atoms with Crippen molar-refractivity contribution in [2.75, 3.05) is 23.8 Å². The molecule has 7 N–H and O–H groups in total. The maximum atomic E-state index is 13.3. The first-order valence-corrected chi connectivity index (χ1v) is 15.8. The standard InChI is InChI=1S/C26H25N7O8S3/c27-26-29-16(12-44-26)19(31-41-9-14-7-17(35)18(36)8-28-14)22(37)30-20-23(38)33-21(25(39)40)13(11-43-24(20)33)10-42-15-1-3-32(4-2-15)5-6-34/h1-4,7-8,12,20,24,34H,5-6,9-11H2,(H5-,27,28,29,30,31,35,36,37,39,40)/p+1/t20-,24-/m1/s1. The van der Waals surface area contributed by atoms with Crippen molar-refractivity contribution in [2.24, 2.45) is 5.16 Å². The molecule has 0 spiro atoms. The highest BCUT2D eigenvalue weighted by molar-refractivity contribution is 8.01. The highest BCUT2D eigenvalue weighted by atomic mass is 32.2. The number of carbonyl (C=O) groups excluding carboxylic acids is 2. The number of H-pyrrole nitrogens is 1. The van der Waals surface area contributed by atoms with Crippen LogP contribution in [0.4, 0.5) is 5.13 Å². The predicted molar refractivity (Wildman–Crippen MR) is 161 cm³/mol. The van der Waals surface area contributed by atoms with Crippen molar-refractivity contribution in [3.05, 3.63) is 75.1 Å². The molecule has 0 saturated carbocycles.